The molecule has 2 aromatic heterocycles. The largest absolute Gasteiger partial charge is 0.465 e. The highest BCUT2D eigenvalue weighted by atomic mass is 32.1. The van der Waals surface area contributed by atoms with Crippen LogP contribution >= 0.6 is 11.3 Å². The van der Waals surface area contributed by atoms with Crippen molar-refractivity contribution < 1.29 is 23.1 Å². The van der Waals surface area contributed by atoms with E-state index in [0.717, 1.165) is 5.56 Å². The van der Waals surface area contributed by atoms with Crippen LogP contribution in [0.2, 0.25) is 0 Å². The van der Waals surface area contributed by atoms with Crippen molar-refractivity contribution in [3.63, 3.8) is 0 Å². The van der Waals surface area contributed by atoms with Crippen LogP contribution in [0.1, 0.15) is 5.76 Å². The Balaban J connectivity index is 1.49. The summed E-state index contributed by atoms with van der Waals surface area (Å²) in [5.41, 5.74) is 1.35. The second kappa shape index (κ2) is 8.21. The third-order valence-corrected chi connectivity index (χ3v) is 3.92. The maximum absolute atomic E-state index is 12.9. The minimum atomic E-state index is -0.664. The molecule has 3 aromatic rings. The predicted molar refractivity (Wildman–Crippen MR) is 94.8 cm³/mol. The summed E-state index contributed by atoms with van der Waals surface area (Å²) in [6, 6.07) is 9.24. The van der Waals surface area contributed by atoms with E-state index in [-0.39, 0.29) is 5.82 Å². The molecule has 0 atom stereocenters. The zero-order valence-corrected chi connectivity index (χ0v) is 14.2. The molecule has 2 heterocycles. The van der Waals surface area contributed by atoms with Crippen molar-refractivity contribution in [1.29, 1.82) is 0 Å². The summed E-state index contributed by atoms with van der Waals surface area (Å²) in [6.07, 6.45) is 4.09. The second-order valence-corrected chi connectivity index (χ2v) is 5.91. The Labute approximate surface area is 151 Å². The molecule has 3 rings (SSSR count). The fourth-order valence-corrected chi connectivity index (χ4v) is 2.70. The van der Waals surface area contributed by atoms with E-state index in [0.29, 0.717) is 16.6 Å². The third kappa shape index (κ3) is 4.87. The maximum atomic E-state index is 12.9. The lowest BCUT2D eigenvalue weighted by atomic mass is 10.2. The van der Waals surface area contributed by atoms with Gasteiger partial charge in [-0.3, -0.25) is 10.1 Å². The highest BCUT2D eigenvalue weighted by Crippen LogP contribution is 2.24. The van der Waals surface area contributed by atoms with Gasteiger partial charge in [-0.15, -0.1) is 11.3 Å². The maximum Gasteiger partial charge on any atom is 0.331 e. The van der Waals surface area contributed by atoms with E-state index in [1.807, 2.05) is 0 Å². The number of rotatable bonds is 6. The summed E-state index contributed by atoms with van der Waals surface area (Å²) < 4.78 is 22.8. The molecule has 1 N–H and O–H groups in total. The number of anilines is 1. The van der Waals surface area contributed by atoms with Gasteiger partial charge in [-0.2, -0.15) is 0 Å². The summed E-state index contributed by atoms with van der Waals surface area (Å²) in [4.78, 5) is 27.6. The normalized spacial score (nSPS) is 10.8. The molecular weight excluding hydrogens is 359 g/mol. The molecule has 0 aliphatic heterocycles. The van der Waals surface area contributed by atoms with Gasteiger partial charge in [0.05, 0.1) is 12.0 Å². The van der Waals surface area contributed by atoms with E-state index in [4.69, 9.17) is 9.15 Å². The summed E-state index contributed by atoms with van der Waals surface area (Å²) in [6.45, 7) is -0.438. The van der Waals surface area contributed by atoms with Crippen LogP contribution in [0.5, 0.6) is 0 Å². The fraction of sp³-hybridized carbons (Fsp3) is 0.0556. The molecule has 0 spiro atoms. The molecule has 0 radical (unpaired) electrons. The number of nitrogens with one attached hydrogen (secondary N) is 1. The van der Waals surface area contributed by atoms with Gasteiger partial charge in [0.15, 0.2) is 11.7 Å². The number of furan rings is 1. The van der Waals surface area contributed by atoms with E-state index >= 15 is 0 Å². The number of carbonyl (C=O) groups is 2. The van der Waals surface area contributed by atoms with Crippen molar-refractivity contribution >= 4 is 34.4 Å². The van der Waals surface area contributed by atoms with Crippen LogP contribution in [0.25, 0.3) is 17.3 Å². The number of carbonyl (C=O) groups excluding carboxylic acids is 2. The van der Waals surface area contributed by atoms with Gasteiger partial charge in [0.25, 0.3) is 5.91 Å². The Bertz CT molecular complexity index is 917. The molecule has 1 amide bonds. The molecule has 0 unspecified atom stereocenters. The van der Waals surface area contributed by atoms with Gasteiger partial charge in [-0.05, 0) is 42.5 Å². The second-order valence-electron chi connectivity index (χ2n) is 5.05. The molecular formula is C18H13FN2O4S. The number of ether oxygens (including phenoxy) is 1. The van der Waals surface area contributed by atoms with Gasteiger partial charge in [0.2, 0.25) is 0 Å². The highest BCUT2D eigenvalue weighted by Gasteiger charge is 2.10. The Morgan fingerprint density at radius 1 is 1.27 bits per heavy atom. The lowest BCUT2D eigenvalue weighted by Crippen LogP contribution is -2.20. The number of hydrogen-bond donors (Lipinski definition) is 1. The quantitative estimate of drug-likeness (QED) is 0.527. The van der Waals surface area contributed by atoms with Crippen LogP contribution in [0, 0.1) is 5.82 Å². The average Bonchev–Trinajstić information content (AvgIpc) is 3.31. The number of esters is 1. The zero-order chi connectivity index (χ0) is 18.4. The fourth-order valence-electron chi connectivity index (χ4n) is 1.96. The number of nitrogens with zero attached hydrogens (tertiary/aromatic N) is 1. The molecule has 0 fully saturated rings. The average molecular weight is 372 g/mol. The monoisotopic (exact) mass is 372 g/mol. The molecule has 1 aromatic carbocycles. The van der Waals surface area contributed by atoms with Crippen molar-refractivity contribution in [3.05, 3.63) is 65.7 Å². The summed E-state index contributed by atoms with van der Waals surface area (Å²) in [5.74, 6) is -1.00. The number of halogens is 1. The molecule has 0 aliphatic rings. The van der Waals surface area contributed by atoms with E-state index in [2.05, 4.69) is 10.3 Å². The van der Waals surface area contributed by atoms with Crippen LogP contribution in [0.3, 0.4) is 0 Å². The first kappa shape index (κ1) is 17.6. The number of amides is 1. The first-order valence-electron chi connectivity index (χ1n) is 7.50. The molecule has 6 nitrogen and oxygen atoms in total. The number of thiazole rings is 1. The SMILES string of the molecule is O=C(COC(=O)C=Cc1ccco1)Nc1nc(-c2ccc(F)cc2)cs1. The van der Waals surface area contributed by atoms with Crippen molar-refractivity contribution in [3.8, 4) is 11.3 Å². The lowest BCUT2D eigenvalue weighted by Gasteiger charge is -2.02. The van der Waals surface area contributed by atoms with Gasteiger partial charge < -0.3 is 9.15 Å². The highest BCUT2D eigenvalue weighted by molar-refractivity contribution is 7.14. The number of aromatic nitrogens is 1. The minimum absolute atomic E-state index is 0.333. The van der Waals surface area contributed by atoms with Crippen molar-refractivity contribution in [1.82, 2.24) is 4.98 Å². The van der Waals surface area contributed by atoms with E-state index in [1.165, 1.54) is 41.9 Å². The third-order valence-electron chi connectivity index (χ3n) is 3.16. The van der Waals surface area contributed by atoms with Crippen molar-refractivity contribution in [2.75, 3.05) is 11.9 Å². The Hall–Kier alpha value is -3.26. The smallest absolute Gasteiger partial charge is 0.331 e. The van der Waals surface area contributed by atoms with Gasteiger partial charge in [-0.25, -0.2) is 14.2 Å². The summed E-state index contributed by atoms with van der Waals surface area (Å²) in [5, 5.41) is 4.64. The van der Waals surface area contributed by atoms with Gasteiger partial charge in [0.1, 0.15) is 11.6 Å². The van der Waals surface area contributed by atoms with Crippen LogP contribution < -0.4 is 5.32 Å². The van der Waals surface area contributed by atoms with Crippen LogP contribution in [0.4, 0.5) is 9.52 Å². The number of hydrogen-bond acceptors (Lipinski definition) is 6. The first-order chi connectivity index (χ1) is 12.6. The van der Waals surface area contributed by atoms with E-state index in [9.17, 15) is 14.0 Å². The van der Waals surface area contributed by atoms with Gasteiger partial charge in [-0.1, -0.05) is 0 Å². The predicted octanol–water partition coefficient (Wildman–Crippen LogP) is 3.74. The molecule has 8 heteroatoms. The Morgan fingerprint density at radius 2 is 2.08 bits per heavy atom. The topological polar surface area (TPSA) is 81.4 Å². The van der Waals surface area contributed by atoms with Crippen LogP contribution in [-0.2, 0) is 14.3 Å². The van der Waals surface area contributed by atoms with Gasteiger partial charge in [0, 0.05) is 17.0 Å². The lowest BCUT2D eigenvalue weighted by molar-refractivity contribution is -0.142. The molecule has 0 saturated carbocycles. The molecule has 0 aliphatic carbocycles. The zero-order valence-electron chi connectivity index (χ0n) is 13.3. The van der Waals surface area contributed by atoms with Crippen molar-refractivity contribution in [2.24, 2.45) is 0 Å². The molecule has 26 heavy (non-hydrogen) atoms. The summed E-state index contributed by atoms with van der Waals surface area (Å²) >= 11 is 1.22. The van der Waals surface area contributed by atoms with E-state index < -0.39 is 18.5 Å². The van der Waals surface area contributed by atoms with Crippen molar-refractivity contribution in [2.45, 2.75) is 0 Å². The molecule has 0 saturated heterocycles. The van der Waals surface area contributed by atoms with E-state index in [1.54, 1.807) is 29.6 Å². The Morgan fingerprint density at radius 3 is 2.81 bits per heavy atom. The number of benzene rings is 1. The molecule has 132 valence electrons. The van der Waals surface area contributed by atoms with Crippen LogP contribution in [0.15, 0.2) is 58.5 Å². The summed E-state index contributed by atoms with van der Waals surface area (Å²) in [7, 11) is 0. The first-order valence-corrected chi connectivity index (χ1v) is 8.38. The van der Waals surface area contributed by atoms with Crippen LogP contribution in [-0.4, -0.2) is 23.5 Å². The Kier molecular flexibility index (Phi) is 5.55. The minimum Gasteiger partial charge on any atom is -0.465 e. The van der Waals surface area contributed by atoms with Gasteiger partial charge >= 0.3 is 5.97 Å². The molecule has 0 bridgehead atoms. The standard InChI is InChI=1S/C18H13FN2O4S/c19-13-5-3-12(4-6-13)15-11-26-18(20-15)21-16(22)10-25-17(23)8-7-14-2-1-9-24-14/h1-9,11H,10H2,(H,20,21,22).